The van der Waals surface area contributed by atoms with Crippen LogP contribution < -0.4 is 4.74 Å². The highest BCUT2D eigenvalue weighted by Crippen LogP contribution is 2.27. The number of benzene rings is 2. The molecule has 1 heterocycles. The number of fused-ring (bicyclic) bond motifs is 1. The number of aryl methyl sites for hydroxylation is 2. The molecule has 130 valence electrons. The quantitative estimate of drug-likeness (QED) is 0.666. The molecular formula is C22H20N2O2. The van der Waals surface area contributed by atoms with E-state index in [-0.39, 0.29) is 5.78 Å². The normalized spacial score (nSPS) is 15.1. The predicted octanol–water partition coefficient (Wildman–Crippen LogP) is 4.21. The Morgan fingerprint density at radius 3 is 2.69 bits per heavy atom. The fourth-order valence-electron chi connectivity index (χ4n) is 3.20. The highest BCUT2D eigenvalue weighted by molar-refractivity contribution is 6.13. The fraction of sp³-hybridized carbons (Fsp3) is 0.182. The maximum atomic E-state index is 12.7. The summed E-state index contributed by atoms with van der Waals surface area (Å²) >= 11 is 0. The number of carbonyl (C=O) groups excluding carboxylic acids is 1. The molecule has 0 amide bonds. The first-order valence-corrected chi connectivity index (χ1v) is 8.73. The monoisotopic (exact) mass is 344 g/mol. The van der Waals surface area contributed by atoms with Crippen molar-refractivity contribution in [3.8, 4) is 5.75 Å². The van der Waals surface area contributed by atoms with Crippen molar-refractivity contribution in [2.24, 2.45) is 7.05 Å². The second-order valence-corrected chi connectivity index (χ2v) is 6.47. The van der Waals surface area contributed by atoms with Crippen LogP contribution in [0.5, 0.6) is 5.75 Å². The molecular weight excluding hydrogens is 324 g/mol. The highest BCUT2D eigenvalue weighted by Gasteiger charge is 2.20. The fourth-order valence-corrected chi connectivity index (χ4v) is 3.20. The summed E-state index contributed by atoms with van der Waals surface area (Å²) in [5.74, 6) is 1.81. The minimum absolute atomic E-state index is 0.141. The van der Waals surface area contributed by atoms with Crippen LogP contribution in [-0.2, 0) is 20.1 Å². The molecule has 3 aromatic rings. The van der Waals surface area contributed by atoms with E-state index < -0.39 is 0 Å². The Bertz CT molecular complexity index is 968. The number of aromatic nitrogens is 2. The van der Waals surface area contributed by atoms with E-state index >= 15 is 0 Å². The molecule has 0 radical (unpaired) electrons. The van der Waals surface area contributed by atoms with E-state index in [0.29, 0.717) is 6.61 Å². The van der Waals surface area contributed by atoms with E-state index in [1.165, 1.54) is 0 Å². The molecule has 2 aromatic carbocycles. The molecule has 0 fully saturated rings. The number of hydrogen-bond acceptors (Lipinski definition) is 3. The molecule has 0 unspecified atom stereocenters. The number of hydrogen-bond donors (Lipinski definition) is 0. The number of imidazole rings is 1. The zero-order chi connectivity index (χ0) is 17.9. The Morgan fingerprint density at radius 2 is 1.92 bits per heavy atom. The van der Waals surface area contributed by atoms with E-state index in [1.54, 1.807) is 6.20 Å². The molecule has 0 spiro atoms. The van der Waals surface area contributed by atoms with Gasteiger partial charge < -0.3 is 9.30 Å². The molecule has 0 atom stereocenters. The Labute approximate surface area is 152 Å². The minimum atomic E-state index is 0.141. The van der Waals surface area contributed by atoms with Gasteiger partial charge in [0.2, 0.25) is 0 Å². The van der Waals surface area contributed by atoms with Crippen LogP contribution in [0.2, 0.25) is 0 Å². The van der Waals surface area contributed by atoms with Crippen LogP contribution in [0, 0.1) is 0 Å². The van der Waals surface area contributed by atoms with Crippen molar-refractivity contribution in [3.63, 3.8) is 0 Å². The van der Waals surface area contributed by atoms with Crippen molar-refractivity contribution in [1.29, 1.82) is 0 Å². The Morgan fingerprint density at radius 1 is 1.12 bits per heavy atom. The summed E-state index contributed by atoms with van der Waals surface area (Å²) in [5.41, 5.74) is 3.86. The first kappa shape index (κ1) is 16.3. The molecule has 1 aliphatic carbocycles. The maximum absolute atomic E-state index is 12.7. The molecule has 1 aliphatic rings. The number of ketones is 1. The lowest BCUT2D eigenvalue weighted by Gasteiger charge is -2.17. The molecule has 1 aromatic heterocycles. The summed E-state index contributed by atoms with van der Waals surface area (Å²) in [6.07, 6.45) is 7.34. The lowest BCUT2D eigenvalue weighted by atomic mass is 9.86. The van der Waals surface area contributed by atoms with Crippen LogP contribution in [0.4, 0.5) is 0 Å². The Balaban J connectivity index is 1.47. The molecule has 0 saturated carbocycles. The molecule has 0 saturated heterocycles. The predicted molar refractivity (Wildman–Crippen MR) is 101 cm³/mol. The average molecular weight is 344 g/mol. The number of Topliss-reactive ketones (excluding diaryl/α,β-unsaturated/α-hetero) is 1. The van der Waals surface area contributed by atoms with Gasteiger partial charge in [-0.25, -0.2) is 4.98 Å². The van der Waals surface area contributed by atoms with Gasteiger partial charge in [0, 0.05) is 30.6 Å². The third kappa shape index (κ3) is 3.31. The SMILES string of the molecule is Cn1ccnc1COc1ccc(C=C2CCc3ccccc3C2=O)cc1. The van der Waals surface area contributed by atoms with Crippen LogP contribution in [0.25, 0.3) is 6.08 Å². The summed E-state index contributed by atoms with van der Waals surface area (Å²) in [6.45, 7) is 0.430. The van der Waals surface area contributed by atoms with Crippen molar-refractivity contribution in [3.05, 3.63) is 89.0 Å². The van der Waals surface area contributed by atoms with Gasteiger partial charge in [-0.3, -0.25) is 4.79 Å². The lowest BCUT2D eigenvalue weighted by Crippen LogP contribution is -2.13. The van der Waals surface area contributed by atoms with Crippen molar-refractivity contribution in [2.45, 2.75) is 19.4 Å². The first-order valence-electron chi connectivity index (χ1n) is 8.73. The van der Waals surface area contributed by atoms with Gasteiger partial charge in [0.1, 0.15) is 18.2 Å². The number of rotatable bonds is 4. The van der Waals surface area contributed by atoms with Gasteiger partial charge in [-0.1, -0.05) is 36.4 Å². The molecule has 0 bridgehead atoms. The van der Waals surface area contributed by atoms with E-state index in [1.807, 2.05) is 72.4 Å². The molecule has 4 nitrogen and oxygen atoms in total. The molecule has 0 aliphatic heterocycles. The van der Waals surface area contributed by atoms with Gasteiger partial charge in [-0.15, -0.1) is 0 Å². The van der Waals surface area contributed by atoms with Crippen LogP contribution >= 0.6 is 0 Å². The smallest absolute Gasteiger partial charge is 0.189 e. The minimum Gasteiger partial charge on any atom is -0.486 e. The Hall–Kier alpha value is -3.14. The number of nitrogens with zero attached hydrogens (tertiary/aromatic N) is 2. The van der Waals surface area contributed by atoms with Crippen molar-refractivity contribution < 1.29 is 9.53 Å². The third-order valence-electron chi connectivity index (χ3n) is 4.73. The van der Waals surface area contributed by atoms with Gasteiger partial charge in [0.05, 0.1) is 0 Å². The van der Waals surface area contributed by atoms with E-state index in [0.717, 1.165) is 46.7 Å². The zero-order valence-electron chi connectivity index (χ0n) is 14.7. The van der Waals surface area contributed by atoms with Gasteiger partial charge in [0.25, 0.3) is 0 Å². The largest absolute Gasteiger partial charge is 0.486 e. The summed E-state index contributed by atoms with van der Waals surface area (Å²) in [4.78, 5) is 16.9. The van der Waals surface area contributed by atoms with Crippen molar-refractivity contribution >= 4 is 11.9 Å². The summed E-state index contributed by atoms with van der Waals surface area (Å²) in [5, 5.41) is 0. The number of carbonyl (C=O) groups is 1. The summed E-state index contributed by atoms with van der Waals surface area (Å²) in [7, 11) is 1.94. The number of allylic oxidation sites excluding steroid dienone is 1. The van der Waals surface area contributed by atoms with Crippen molar-refractivity contribution in [2.75, 3.05) is 0 Å². The maximum Gasteiger partial charge on any atom is 0.189 e. The molecule has 26 heavy (non-hydrogen) atoms. The molecule has 4 heteroatoms. The van der Waals surface area contributed by atoms with E-state index in [4.69, 9.17) is 4.74 Å². The topological polar surface area (TPSA) is 44.1 Å². The second-order valence-electron chi connectivity index (χ2n) is 6.47. The highest BCUT2D eigenvalue weighted by atomic mass is 16.5. The zero-order valence-corrected chi connectivity index (χ0v) is 14.7. The Kier molecular flexibility index (Phi) is 4.40. The molecule has 4 rings (SSSR count). The lowest BCUT2D eigenvalue weighted by molar-refractivity contribution is 0.102. The summed E-state index contributed by atoms with van der Waals surface area (Å²) in [6, 6.07) is 15.7. The number of ether oxygens (including phenoxy) is 1. The third-order valence-corrected chi connectivity index (χ3v) is 4.73. The van der Waals surface area contributed by atoms with Gasteiger partial charge in [-0.2, -0.15) is 0 Å². The standard InChI is InChI=1S/C22H20N2O2/c1-24-13-12-23-21(24)15-26-19-10-6-16(7-11-19)14-18-9-8-17-4-2-3-5-20(17)22(18)25/h2-7,10-14H,8-9,15H2,1H3. The van der Waals surface area contributed by atoms with E-state index in [2.05, 4.69) is 4.98 Å². The first-order chi connectivity index (χ1) is 12.7. The van der Waals surface area contributed by atoms with E-state index in [9.17, 15) is 4.79 Å². The molecule has 0 N–H and O–H groups in total. The van der Waals surface area contributed by atoms with Crippen LogP contribution in [0.3, 0.4) is 0 Å². The van der Waals surface area contributed by atoms with Gasteiger partial charge >= 0.3 is 0 Å². The second kappa shape index (κ2) is 7.00. The average Bonchev–Trinajstić information content (AvgIpc) is 3.08. The summed E-state index contributed by atoms with van der Waals surface area (Å²) < 4.78 is 7.71. The van der Waals surface area contributed by atoms with Gasteiger partial charge in [0.15, 0.2) is 5.78 Å². The van der Waals surface area contributed by atoms with Crippen LogP contribution in [-0.4, -0.2) is 15.3 Å². The van der Waals surface area contributed by atoms with Crippen molar-refractivity contribution in [1.82, 2.24) is 9.55 Å². The van der Waals surface area contributed by atoms with Crippen LogP contribution in [0.1, 0.15) is 33.7 Å². The van der Waals surface area contributed by atoms with Crippen LogP contribution in [0.15, 0.2) is 66.5 Å². The van der Waals surface area contributed by atoms with Gasteiger partial charge in [-0.05, 0) is 42.2 Å².